The number of hydrogen-bond donors (Lipinski definition) is 2. The molecule has 8 unspecified atom stereocenters. The molecule has 0 aliphatic heterocycles. The van der Waals surface area contributed by atoms with Gasteiger partial charge in [-0.25, -0.2) is 9.78 Å². The standard InChI is InChI=1S/C28H42O4/c1-25(2)17-11-13-27(5,15-17)23(25)21(31-29)19-9-7-8-10-20(19)22(32-30)24-26(3,4)18-12-14-28(24,6)16-18/h7-10,17-18,21-24,29-30H,11-16H2,1-6H3. The third-order valence-corrected chi connectivity index (χ3v) is 11.2. The van der Waals surface area contributed by atoms with E-state index in [2.05, 4.69) is 53.7 Å². The topological polar surface area (TPSA) is 58.9 Å². The minimum Gasteiger partial charge on any atom is -0.251 e. The van der Waals surface area contributed by atoms with E-state index in [1.165, 1.54) is 38.5 Å². The summed E-state index contributed by atoms with van der Waals surface area (Å²) in [5.74, 6) is 1.75. The molecule has 0 aromatic heterocycles. The van der Waals surface area contributed by atoms with Gasteiger partial charge in [0.2, 0.25) is 0 Å². The predicted molar refractivity (Wildman–Crippen MR) is 125 cm³/mol. The molecular formula is C28H42O4. The Bertz CT molecular complexity index is 797. The largest absolute Gasteiger partial charge is 0.251 e. The van der Waals surface area contributed by atoms with Gasteiger partial charge in [0, 0.05) is 11.8 Å². The maximum Gasteiger partial charge on any atom is 0.122 e. The van der Waals surface area contributed by atoms with Gasteiger partial charge in [0.1, 0.15) is 12.2 Å². The van der Waals surface area contributed by atoms with E-state index in [0.29, 0.717) is 11.8 Å². The highest BCUT2D eigenvalue weighted by Crippen LogP contribution is 2.71. The van der Waals surface area contributed by atoms with Gasteiger partial charge in [0.05, 0.1) is 0 Å². The van der Waals surface area contributed by atoms with E-state index < -0.39 is 12.2 Å². The maximum absolute atomic E-state index is 10.3. The number of benzene rings is 1. The van der Waals surface area contributed by atoms with Crippen LogP contribution in [0.4, 0.5) is 0 Å². The Balaban J connectivity index is 1.58. The van der Waals surface area contributed by atoms with Crippen LogP contribution >= 0.6 is 0 Å². The van der Waals surface area contributed by atoms with Crippen LogP contribution in [-0.4, -0.2) is 10.5 Å². The third-order valence-electron chi connectivity index (χ3n) is 11.2. The fraction of sp³-hybridized carbons (Fsp3) is 0.786. The zero-order valence-electron chi connectivity index (χ0n) is 20.7. The fourth-order valence-corrected chi connectivity index (χ4v) is 9.82. The summed E-state index contributed by atoms with van der Waals surface area (Å²) >= 11 is 0. The van der Waals surface area contributed by atoms with Gasteiger partial charge >= 0.3 is 0 Å². The summed E-state index contributed by atoms with van der Waals surface area (Å²) in [5.41, 5.74) is 2.43. The number of fused-ring (bicyclic) bond motifs is 4. The van der Waals surface area contributed by atoms with Crippen LogP contribution in [0, 0.1) is 45.3 Å². The Hall–Kier alpha value is -0.940. The van der Waals surface area contributed by atoms with Crippen LogP contribution in [0.25, 0.3) is 0 Å². The van der Waals surface area contributed by atoms with Crippen LogP contribution in [0.15, 0.2) is 24.3 Å². The highest BCUT2D eigenvalue weighted by atomic mass is 17.1. The average molecular weight is 443 g/mol. The summed E-state index contributed by atoms with van der Waals surface area (Å²) in [7, 11) is 0. The molecule has 0 heterocycles. The van der Waals surface area contributed by atoms with Crippen molar-refractivity contribution >= 4 is 0 Å². The highest BCUT2D eigenvalue weighted by molar-refractivity contribution is 5.35. The zero-order chi connectivity index (χ0) is 23.1. The normalized spacial score (nSPS) is 43.0. The van der Waals surface area contributed by atoms with Crippen molar-refractivity contribution in [1.29, 1.82) is 0 Å². The number of rotatable bonds is 6. The Morgan fingerprint density at radius 1 is 0.719 bits per heavy atom. The summed E-state index contributed by atoms with van der Waals surface area (Å²) in [4.78, 5) is 10.7. The van der Waals surface area contributed by atoms with Crippen LogP contribution in [0.2, 0.25) is 0 Å². The van der Waals surface area contributed by atoms with Crippen molar-refractivity contribution in [2.75, 3.05) is 0 Å². The molecule has 0 spiro atoms. The Labute approximate surface area is 193 Å². The van der Waals surface area contributed by atoms with E-state index in [-0.39, 0.29) is 33.5 Å². The molecule has 8 atom stereocenters. The molecule has 2 N–H and O–H groups in total. The molecule has 4 fully saturated rings. The van der Waals surface area contributed by atoms with Gasteiger partial charge in [-0.15, -0.1) is 0 Å². The zero-order valence-corrected chi connectivity index (χ0v) is 20.7. The minimum atomic E-state index is -0.427. The average Bonchev–Trinajstić information content (AvgIpc) is 3.42. The van der Waals surface area contributed by atoms with Crippen LogP contribution in [-0.2, 0) is 9.78 Å². The Morgan fingerprint density at radius 3 is 1.38 bits per heavy atom. The fourth-order valence-electron chi connectivity index (χ4n) is 9.82. The van der Waals surface area contributed by atoms with Crippen LogP contribution in [0.5, 0.6) is 0 Å². The van der Waals surface area contributed by atoms with Crippen molar-refractivity contribution in [3.63, 3.8) is 0 Å². The molecule has 32 heavy (non-hydrogen) atoms. The maximum atomic E-state index is 10.3. The van der Waals surface area contributed by atoms with Crippen LogP contribution < -0.4 is 0 Å². The van der Waals surface area contributed by atoms with E-state index in [9.17, 15) is 10.5 Å². The molecule has 4 heteroatoms. The lowest BCUT2D eigenvalue weighted by Crippen LogP contribution is -2.42. The SMILES string of the molecule is CC12CCC(C1)C(C)(C)C2C(OO)c1ccccc1C(OO)C1C2(C)CCC(C2)C1(C)C. The molecule has 0 radical (unpaired) electrons. The Morgan fingerprint density at radius 2 is 1.09 bits per heavy atom. The summed E-state index contributed by atoms with van der Waals surface area (Å²) in [6.07, 6.45) is 6.43. The van der Waals surface area contributed by atoms with E-state index in [1.807, 2.05) is 12.1 Å². The van der Waals surface area contributed by atoms with Crippen LogP contribution in [0.3, 0.4) is 0 Å². The lowest BCUT2D eigenvalue weighted by Gasteiger charge is -2.48. The first-order valence-corrected chi connectivity index (χ1v) is 12.7. The van der Waals surface area contributed by atoms with Crippen molar-refractivity contribution in [3.05, 3.63) is 35.4 Å². The monoisotopic (exact) mass is 442 g/mol. The molecule has 0 saturated heterocycles. The first kappa shape index (κ1) is 22.8. The van der Waals surface area contributed by atoms with Crippen molar-refractivity contribution in [1.82, 2.24) is 0 Å². The molecule has 4 nitrogen and oxygen atoms in total. The second kappa shape index (κ2) is 7.28. The molecule has 5 rings (SSSR count). The summed E-state index contributed by atoms with van der Waals surface area (Å²) in [6, 6.07) is 8.21. The predicted octanol–water partition coefficient (Wildman–Crippen LogP) is 7.67. The van der Waals surface area contributed by atoms with Gasteiger partial charge < -0.3 is 0 Å². The quantitative estimate of drug-likeness (QED) is 0.350. The molecule has 0 amide bonds. The van der Waals surface area contributed by atoms with Gasteiger partial charge in [-0.1, -0.05) is 65.8 Å². The van der Waals surface area contributed by atoms with Crippen LogP contribution in [0.1, 0.15) is 103 Å². The van der Waals surface area contributed by atoms with Gasteiger partial charge in [-0.3, -0.25) is 10.5 Å². The van der Waals surface area contributed by atoms with E-state index in [1.54, 1.807) is 0 Å². The molecular weight excluding hydrogens is 400 g/mol. The van der Waals surface area contributed by atoms with Crippen molar-refractivity contribution in [3.8, 4) is 0 Å². The highest BCUT2D eigenvalue weighted by Gasteiger charge is 2.64. The first-order chi connectivity index (χ1) is 15.0. The second-order valence-corrected chi connectivity index (χ2v) is 13.5. The van der Waals surface area contributed by atoms with E-state index >= 15 is 0 Å². The summed E-state index contributed by atoms with van der Waals surface area (Å²) in [5, 5.41) is 20.6. The summed E-state index contributed by atoms with van der Waals surface area (Å²) < 4.78 is 0. The van der Waals surface area contributed by atoms with Gasteiger partial charge in [0.25, 0.3) is 0 Å². The smallest absolute Gasteiger partial charge is 0.122 e. The second-order valence-electron chi connectivity index (χ2n) is 13.5. The summed E-state index contributed by atoms with van der Waals surface area (Å²) in [6.45, 7) is 14.1. The van der Waals surface area contributed by atoms with Gasteiger partial charge in [0.15, 0.2) is 0 Å². The molecule has 1 aromatic carbocycles. The molecule has 1 aromatic rings. The lowest BCUT2D eigenvalue weighted by molar-refractivity contribution is -0.316. The molecule has 4 saturated carbocycles. The van der Waals surface area contributed by atoms with Crippen molar-refractivity contribution < 1.29 is 20.3 Å². The molecule has 178 valence electrons. The Kier molecular flexibility index (Phi) is 5.19. The van der Waals surface area contributed by atoms with E-state index in [0.717, 1.165) is 11.1 Å². The lowest BCUT2D eigenvalue weighted by atomic mass is 9.59. The number of hydrogen-bond acceptors (Lipinski definition) is 4. The molecule has 4 aliphatic rings. The van der Waals surface area contributed by atoms with Gasteiger partial charge in [-0.05, 0) is 83.1 Å². The van der Waals surface area contributed by atoms with Gasteiger partial charge in [-0.2, -0.15) is 0 Å². The first-order valence-electron chi connectivity index (χ1n) is 12.7. The molecule has 4 aliphatic carbocycles. The molecule has 4 bridgehead atoms. The minimum absolute atomic E-state index is 0.0841. The third kappa shape index (κ3) is 2.95. The van der Waals surface area contributed by atoms with Crippen molar-refractivity contribution in [2.24, 2.45) is 45.3 Å². The van der Waals surface area contributed by atoms with E-state index in [4.69, 9.17) is 9.78 Å². The van der Waals surface area contributed by atoms with Crippen molar-refractivity contribution in [2.45, 2.75) is 92.3 Å².